The molecule has 0 spiro atoms. The van der Waals surface area contributed by atoms with Gasteiger partial charge in [-0.15, -0.1) is 13.2 Å². The van der Waals surface area contributed by atoms with Crippen LogP contribution in [0, 0.1) is 0 Å². The number of nitrogens with zero attached hydrogens (tertiary/aromatic N) is 1. The van der Waals surface area contributed by atoms with Crippen LogP contribution in [0.4, 0.5) is 13.2 Å². The maximum atomic E-state index is 13.3. The second-order valence-electron chi connectivity index (χ2n) is 9.33. The molecule has 0 radical (unpaired) electrons. The topological polar surface area (TPSA) is 124 Å². The van der Waals surface area contributed by atoms with Crippen LogP contribution >= 0.6 is 0 Å². The number of rotatable bonds is 8. The third kappa shape index (κ3) is 7.82. The summed E-state index contributed by atoms with van der Waals surface area (Å²) in [6.07, 6.45) is -0.437. The number of ether oxygens (including phenoxy) is 1. The van der Waals surface area contributed by atoms with E-state index in [1.165, 1.54) is 17.0 Å². The van der Waals surface area contributed by atoms with Crippen molar-refractivity contribution in [1.82, 2.24) is 20.2 Å². The standard InChI is InChI=1S/C27H27F3N4O5/c28-27(29,30)39-22-13-18(24(36)31-20-9-5-2-6-10-20)11-12-19(22)16-34(15-17-7-3-1-4-8-17)25(37)21-14-23(35)33-26(38)32-21/h1,3-4,7-8,11-14,20H,2,5-6,9-10,15-16H2,(H,31,36)(H2,32,33,35,38). The molecular weight excluding hydrogens is 517 g/mol. The van der Waals surface area contributed by atoms with Crippen LogP contribution in [0.1, 0.15) is 64.1 Å². The average molecular weight is 545 g/mol. The van der Waals surface area contributed by atoms with E-state index in [0.717, 1.165) is 44.2 Å². The number of nitrogens with one attached hydrogen (secondary N) is 3. The molecule has 3 N–H and O–H groups in total. The van der Waals surface area contributed by atoms with Crippen molar-refractivity contribution in [2.75, 3.05) is 0 Å². The van der Waals surface area contributed by atoms with E-state index >= 15 is 0 Å². The molecule has 3 aromatic rings. The van der Waals surface area contributed by atoms with Gasteiger partial charge in [-0.05, 0) is 30.5 Å². The van der Waals surface area contributed by atoms with E-state index in [9.17, 15) is 32.3 Å². The van der Waals surface area contributed by atoms with Gasteiger partial charge in [0, 0.05) is 29.8 Å². The molecule has 0 bridgehead atoms. The lowest BCUT2D eigenvalue weighted by molar-refractivity contribution is -0.275. The average Bonchev–Trinajstić information content (AvgIpc) is 2.88. The number of hydrogen-bond acceptors (Lipinski definition) is 5. The van der Waals surface area contributed by atoms with Crippen LogP contribution in [0.3, 0.4) is 0 Å². The molecule has 1 aliphatic rings. The van der Waals surface area contributed by atoms with E-state index in [4.69, 9.17) is 0 Å². The van der Waals surface area contributed by atoms with Crippen molar-refractivity contribution in [3.8, 4) is 5.75 Å². The Morgan fingerprint density at radius 2 is 1.67 bits per heavy atom. The molecule has 1 saturated carbocycles. The fraction of sp³-hybridized carbons (Fsp3) is 0.333. The molecule has 9 nitrogen and oxygen atoms in total. The lowest BCUT2D eigenvalue weighted by Gasteiger charge is -2.25. The van der Waals surface area contributed by atoms with Gasteiger partial charge in [0.05, 0.1) is 6.54 Å². The van der Waals surface area contributed by atoms with Crippen molar-refractivity contribution in [3.05, 3.63) is 97.8 Å². The van der Waals surface area contributed by atoms with Gasteiger partial charge < -0.3 is 19.9 Å². The molecule has 1 aromatic heterocycles. The number of amides is 2. The van der Waals surface area contributed by atoms with Gasteiger partial charge in [0.1, 0.15) is 11.4 Å². The molecule has 2 amide bonds. The highest BCUT2D eigenvalue weighted by molar-refractivity contribution is 5.95. The fourth-order valence-corrected chi connectivity index (χ4v) is 4.52. The zero-order chi connectivity index (χ0) is 28.0. The second-order valence-corrected chi connectivity index (χ2v) is 9.33. The first-order valence-corrected chi connectivity index (χ1v) is 12.4. The molecule has 12 heteroatoms. The molecule has 0 unspecified atom stereocenters. The van der Waals surface area contributed by atoms with E-state index in [1.807, 2.05) is 4.98 Å². The lowest BCUT2D eigenvalue weighted by atomic mass is 9.95. The second kappa shape index (κ2) is 12.0. The Kier molecular flexibility index (Phi) is 8.52. The minimum Gasteiger partial charge on any atom is -0.405 e. The summed E-state index contributed by atoms with van der Waals surface area (Å²) in [6, 6.07) is 13.2. The Morgan fingerprint density at radius 1 is 0.949 bits per heavy atom. The van der Waals surface area contributed by atoms with Gasteiger partial charge in [0.15, 0.2) is 0 Å². The SMILES string of the molecule is O=C(NC1CCCCC1)c1ccc(CN(Cc2ccccc2)C(=O)c2cc(=O)[nH]c(=O)[nH]2)c(OC(F)(F)F)c1. The summed E-state index contributed by atoms with van der Waals surface area (Å²) in [7, 11) is 0. The summed E-state index contributed by atoms with van der Waals surface area (Å²) in [4.78, 5) is 55.0. The van der Waals surface area contributed by atoms with E-state index < -0.39 is 35.2 Å². The van der Waals surface area contributed by atoms with E-state index in [-0.39, 0.29) is 36.0 Å². The first-order valence-electron chi connectivity index (χ1n) is 12.4. The van der Waals surface area contributed by atoms with Crippen molar-refractivity contribution in [2.24, 2.45) is 0 Å². The van der Waals surface area contributed by atoms with Crippen molar-refractivity contribution in [1.29, 1.82) is 0 Å². The van der Waals surface area contributed by atoms with E-state index in [1.54, 1.807) is 30.3 Å². The van der Waals surface area contributed by atoms with Crippen molar-refractivity contribution < 1.29 is 27.5 Å². The minimum absolute atomic E-state index is 0.0107. The number of carbonyl (C=O) groups is 2. The van der Waals surface area contributed by atoms with E-state index in [2.05, 4.69) is 15.0 Å². The summed E-state index contributed by atoms with van der Waals surface area (Å²) in [5.41, 5.74) is -1.43. The molecule has 2 aromatic carbocycles. The molecule has 0 aliphatic heterocycles. The fourth-order valence-electron chi connectivity index (χ4n) is 4.52. The van der Waals surface area contributed by atoms with Crippen LogP contribution in [0.5, 0.6) is 5.75 Å². The van der Waals surface area contributed by atoms with Gasteiger partial charge in [0.2, 0.25) is 0 Å². The Hall–Kier alpha value is -4.35. The van der Waals surface area contributed by atoms with Gasteiger partial charge in [-0.2, -0.15) is 0 Å². The summed E-state index contributed by atoms with van der Waals surface area (Å²) >= 11 is 0. The smallest absolute Gasteiger partial charge is 0.405 e. The van der Waals surface area contributed by atoms with Crippen molar-refractivity contribution >= 4 is 11.8 Å². The summed E-state index contributed by atoms with van der Waals surface area (Å²) in [6.45, 7) is -0.428. The Balaban J connectivity index is 1.66. The molecule has 4 rings (SSSR count). The molecule has 1 fully saturated rings. The van der Waals surface area contributed by atoms with Crippen LogP contribution in [0.25, 0.3) is 0 Å². The molecule has 1 heterocycles. The van der Waals surface area contributed by atoms with Crippen molar-refractivity contribution in [3.63, 3.8) is 0 Å². The Labute approximate surface area is 221 Å². The monoisotopic (exact) mass is 544 g/mol. The molecule has 39 heavy (non-hydrogen) atoms. The van der Waals surface area contributed by atoms with Crippen LogP contribution < -0.4 is 21.3 Å². The number of H-pyrrole nitrogens is 2. The number of benzene rings is 2. The largest absolute Gasteiger partial charge is 0.573 e. The maximum absolute atomic E-state index is 13.3. The number of aromatic amines is 2. The zero-order valence-electron chi connectivity index (χ0n) is 20.8. The number of aromatic nitrogens is 2. The summed E-state index contributed by atoms with van der Waals surface area (Å²) in [5.74, 6) is -1.94. The van der Waals surface area contributed by atoms with Crippen LogP contribution in [-0.4, -0.2) is 39.1 Å². The van der Waals surface area contributed by atoms with Gasteiger partial charge in [-0.3, -0.25) is 19.4 Å². The molecular formula is C27H27F3N4O5. The number of hydrogen-bond donors (Lipinski definition) is 3. The van der Waals surface area contributed by atoms with Crippen LogP contribution in [-0.2, 0) is 13.1 Å². The predicted octanol–water partition coefficient (Wildman–Crippen LogP) is 3.87. The van der Waals surface area contributed by atoms with Crippen LogP contribution in [0.2, 0.25) is 0 Å². The first-order chi connectivity index (χ1) is 18.6. The quantitative estimate of drug-likeness (QED) is 0.397. The lowest BCUT2D eigenvalue weighted by Crippen LogP contribution is -2.36. The van der Waals surface area contributed by atoms with Gasteiger partial charge in [-0.25, -0.2) is 4.79 Å². The molecule has 1 aliphatic carbocycles. The molecule has 0 atom stereocenters. The third-order valence-corrected chi connectivity index (χ3v) is 6.35. The number of halogens is 3. The highest BCUT2D eigenvalue weighted by Gasteiger charge is 2.33. The van der Waals surface area contributed by atoms with Crippen molar-refractivity contribution in [2.45, 2.75) is 57.6 Å². The first kappa shape index (κ1) is 27.7. The third-order valence-electron chi connectivity index (χ3n) is 6.35. The van der Waals surface area contributed by atoms with Crippen LogP contribution in [0.15, 0.2) is 64.2 Å². The van der Waals surface area contributed by atoms with Gasteiger partial charge in [0.25, 0.3) is 17.4 Å². The predicted molar refractivity (Wildman–Crippen MR) is 135 cm³/mol. The van der Waals surface area contributed by atoms with Gasteiger partial charge in [-0.1, -0.05) is 55.7 Å². The van der Waals surface area contributed by atoms with Gasteiger partial charge >= 0.3 is 12.1 Å². The zero-order valence-corrected chi connectivity index (χ0v) is 20.8. The minimum atomic E-state index is -5.06. The van der Waals surface area contributed by atoms with E-state index in [0.29, 0.717) is 5.56 Å². The maximum Gasteiger partial charge on any atom is 0.573 e. The summed E-state index contributed by atoms with van der Waals surface area (Å²) in [5, 5.41) is 2.86. The highest BCUT2D eigenvalue weighted by atomic mass is 19.4. The molecule has 0 saturated heterocycles. The summed E-state index contributed by atoms with van der Waals surface area (Å²) < 4.78 is 44.3. The normalized spacial score (nSPS) is 14.0. The Bertz CT molecular complexity index is 1400. The number of alkyl halides is 3. The Morgan fingerprint density at radius 3 is 2.33 bits per heavy atom. The number of carbonyl (C=O) groups excluding carboxylic acids is 2. The highest BCUT2D eigenvalue weighted by Crippen LogP contribution is 2.30. The molecule has 206 valence electrons.